The summed E-state index contributed by atoms with van der Waals surface area (Å²) in [6.45, 7) is 5.92. The number of carbonyl (C=O) groups is 1. The zero-order chi connectivity index (χ0) is 19.2. The number of carbonyl (C=O) groups excluding carboxylic acids is 1. The van der Waals surface area contributed by atoms with Crippen molar-refractivity contribution < 1.29 is 4.79 Å². The lowest BCUT2D eigenvalue weighted by Gasteiger charge is -2.32. The van der Waals surface area contributed by atoms with Gasteiger partial charge in [0, 0.05) is 58.1 Å². The summed E-state index contributed by atoms with van der Waals surface area (Å²) in [5, 5.41) is 0. The van der Waals surface area contributed by atoms with E-state index in [1.165, 1.54) is 0 Å². The number of rotatable bonds is 6. The Morgan fingerprint density at radius 3 is 2.59 bits per heavy atom. The average Bonchev–Trinajstić information content (AvgIpc) is 2.70. The molecule has 1 aliphatic rings. The van der Waals surface area contributed by atoms with Gasteiger partial charge < -0.3 is 15.5 Å². The molecule has 1 fully saturated rings. The second-order valence-corrected chi connectivity index (χ2v) is 7.27. The maximum absolute atomic E-state index is 11.7. The van der Waals surface area contributed by atoms with Crippen LogP contribution in [0.25, 0.3) is 11.1 Å². The lowest BCUT2D eigenvalue weighted by Crippen LogP contribution is -2.43. The van der Waals surface area contributed by atoms with Gasteiger partial charge in [-0.15, -0.1) is 0 Å². The normalized spacial score (nSPS) is 15.7. The molecule has 27 heavy (non-hydrogen) atoms. The largest absolute Gasteiger partial charge is 0.340 e. The number of pyridine rings is 1. The van der Waals surface area contributed by atoms with Gasteiger partial charge in [0.15, 0.2) is 0 Å². The number of nitrogens with zero attached hydrogens (tertiary/aromatic N) is 4. The Kier molecular flexibility index (Phi) is 6.55. The molecule has 0 aliphatic carbocycles. The van der Waals surface area contributed by atoms with Gasteiger partial charge in [-0.05, 0) is 30.3 Å². The molecule has 3 rings (SSSR count). The molecule has 1 saturated heterocycles. The molecule has 2 aromatic rings. The Balaban J connectivity index is 1.64. The molecule has 0 atom stereocenters. The maximum atomic E-state index is 11.7. The van der Waals surface area contributed by atoms with Crippen LogP contribution in [0.15, 0.2) is 42.6 Å². The van der Waals surface area contributed by atoms with Crippen molar-refractivity contribution in [3.05, 3.63) is 53.9 Å². The van der Waals surface area contributed by atoms with Crippen LogP contribution in [-0.2, 0) is 17.9 Å². The summed E-state index contributed by atoms with van der Waals surface area (Å²) in [7, 11) is 3.94. The molecule has 1 aromatic carbocycles. The van der Waals surface area contributed by atoms with E-state index in [1.54, 1.807) is 11.9 Å². The van der Waals surface area contributed by atoms with Crippen LogP contribution in [0.3, 0.4) is 0 Å². The molecule has 1 aromatic heterocycles. The summed E-state index contributed by atoms with van der Waals surface area (Å²) >= 11 is 0. The number of piperazine rings is 1. The van der Waals surface area contributed by atoms with E-state index >= 15 is 0 Å². The average molecular weight is 367 g/mol. The van der Waals surface area contributed by atoms with E-state index in [1.807, 2.05) is 18.3 Å². The fourth-order valence-corrected chi connectivity index (χ4v) is 3.29. The predicted octanol–water partition coefficient (Wildman–Crippen LogP) is 1.41. The van der Waals surface area contributed by atoms with Crippen molar-refractivity contribution in [2.75, 3.05) is 46.8 Å². The van der Waals surface area contributed by atoms with E-state index in [-0.39, 0.29) is 12.5 Å². The van der Waals surface area contributed by atoms with Crippen LogP contribution in [-0.4, -0.2) is 72.4 Å². The van der Waals surface area contributed by atoms with E-state index in [4.69, 9.17) is 5.73 Å². The molecule has 0 radical (unpaired) electrons. The minimum atomic E-state index is -0.0599. The third-order valence-electron chi connectivity index (χ3n) is 5.09. The molecule has 0 bridgehead atoms. The van der Waals surface area contributed by atoms with Gasteiger partial charge in [0.05, 0.1) is 12.2 Å². The summed E-state index contributed by atoms with van der Waals surface area (Å²) in [6, 6.07) is 12.5. The van der Waals surface area contributed by atoms with Crippen molar-refractivity contribution in [1.82, 2.24) is 19.7 Å². The molecule has 2 N–H and O–H groups in total. The number of hydrogen-bond acceptors (Lipinski definition) is 5. The second-order valence-electron chi connectivity index (χ2n) is 7.27. The summed E-state index contributed by atoms with van der Waals surface area (Å²) in [4.78, 5) is 22.8. The third kappa shape index (κ3) is 5.35. The highest BCUT2D eigenvalue weighted by Gasteiger charge is 2.14. The highest BCUT2D eigenvalue weighted by Crippen LogP contribution is 2.21. The summed E-state index contributed by atoms with van der Waals surface area (Å²) in [5.41, 5.74) is 9.82. The molecular weight excluding hydrogens is 338 g/mol. The Labute approximate surface area is 161 Å². The lowest BCUT2D eigenvalue weighted by atomic mass is 10.0. The minimum absolute atomic E-state index is 0.0366. The smallest absolute Gasteiger partial charge is 0.236 e. The highest BCUT2D eigenvalue weighted by molar-refractivity contribution is 5.77. The van der Waals surface area contributed by atoms with Gasteiger partial charge in [-0.25, -0.2) is 0 Å². The van der Waals surface area contributed by atoms with Gasteiger partial charge in [0.1, 0.15) is 0 Å². The molecule has 6 heteroatoms. The van der Waals surface area contributed by atoms with Crippen molar-refractivity contribution in [2.24, 2.45) is 5.73 Å². The summed E-state index contributed by atoms with van der Waals surface area (Å²) < 4.78 is 0. The van der Waals surface area contributed by atoms with Crippen LogP contribution >= 0.6 is 0 Å². The van der Waals surface area contributed by atoms with Gasteiger partial charge in [0.25, 0.3) is 0 Å². The van der Waals surface area contributed by atoms with E-state index in [2.05, 4.69) is 46.1 Å². The van der Waals surface area contributed by atoms with Gasteiger partial charge in [0.2, 0.25) is 5.91 Å². The number of amides is 1. The van der Waals surface area contributed by atoms with Crippen molar-refractivity contribution >= 4 is 5.91 Å². The first-order valence-corrected chi connectivity index (χ1v) is 9.44. The summed E-state index contributed by atoms with van der Waals surface area (Å²) in [6.07, 6.45) is 1.94. The first kappa shape index (κ1) is 19.5. The van der Waals surface area contributed by atoms with Crippen LogP contribution < -0.4 is 5.73 Å². The Bertz CT molecular complexity index is 753. The Morgan fingerprint density at radius 1 is 1.15 bits per heavy atom. The van der Waals surface area contributed by atoms with E-state index in [9.17, 15) is 4.79 Å². The van der Waals surface area contributed by atoms with Crippen LogP contribution in [0.5, 0.6) is 0 Å². The molecule has 144 valence electrons. The quantitative estimate of drug-likeness (QED) is 0.836. The van der Waals surface area contributed by atoms with Crippen LogP contribution in [0.1, 0.15) is 11.3 Å². The zero-order valence-electron chi connectivity index (χ0n) is 16.3. The van der Waals surface area contributed by atoms with Gasteiger partial charge in [-0.2, -0.15) is 0 Å². The highest BCUT2D eigenvalue weighted by atomic mass is 16.2. The number of nitrogens with two attached hydrogens (primary N) is 1. The maximum Gasteiger partial charge on any atom is 0.236 e. The molecule has 0 saturated carbocycles. The van der Waals surface area contributed by atoms with E-state index in [0.29, 0.717) is 6.54 Å². The van der Waals surface area contributed by atoms with Crippen LogP contribution in [0, 0.1) is 0 Å². The second kappa shape index (κ2) is 9.08. The first-order valence-electron chi connectivity index (χ1n) is 9.44. The Morgan fingerprint density at radius 2 is 1.93 bits per heavy atom. The number of hydrogen-bond donors (Lipinski definition) is 1. The molecule has 0 unspecified atom stereocenters. The van der Waals surface area contributed by atoms with Gasteiger partial charge in [-0.3, -0.25) is 14.7 Å². The van der Waals surface area contributed by atoms with Crippen LogP contribution in [0.4, 0.5) is 0 Å². The van der Waals surface area contributed by atoms with Crippen LogP contribution in [0.2, 0.25) is 0 Å². The molecule has 1 amide bonds. The Hall–Kier alpha value is -2.28. The number of aromatic nitrogens is 1. The molecule has 2 heterocycles. The SMILES string of the molecule is CN1CCN(Cc2ccc(-c3cccc(CN(C)C(=O)CN)c3)cn2)CC1. The number of benzene rings is 1. The molecule has 6 nitrogen and oxygen atoms in total. The molecule has 1 aliphatic heterocycles. The molecular formula is C21H29N5O. The monoisotopic (exact) mass is 367 g/mol. The van der Waals surface area contributed by atoms with Crippen molar-refractivity contribution in [2.45, 2.75) is 13.1 Å². The van der Waals surface area contributed by atoms with E-state index < -0.39 is 0 Å². The van der Waals surface area contributed by atoms with Crippen molar-refractivity contribution in [3.63, 3.8) is 0 Å². The van der Waals surface area contributed by atoms with Crippen molar-refractivity contribution in [3.8, 4) is 11.1 Å². The lowest BCUT2D eigenvalue weighted by molar-refractivity contribution is -0.128. The topological polar surface area (TPSA) is 65.7 Å². The first-order chi connectivity index (χ1) is 13.0. The summed E-state index contributed by atoms with van der Waals surface area (Å²) in [5.74, 6) is -0.0599. The van der Waals surface area contributed by atoms with Gasteiger partial charge >= 0.3 is 0 Å². The fourth-order valence-electron chi connectivity index (χ4n) is 3.29. The minimum Gasteiger partial charge on any atom is -0.340 e. The predicted molar refractivity (Wildman–Crippen MR) is 108 cm³/mol. The third-order valence-corrected chi connectivity index (χ3v) is 5.09. The van der Waals surface area contributed by atoms with Crippen molar-refractivity contribution in [1.29, 1.82) is 0 Å². The standard InChI is InChI=1S/C21H29N5O/c1-24-8-10-26(11-9-24)16-20-7-6-19(14-23-20)18-5-3-4-17(12-18)15-25(2)21(27)13-22/h3-7,12,14H,8-11,13,15-16,22H2,1-2H3. The zero-order valence-corrected chi connectivity index (χ0v) is 16.3. The van der Waals surface area contributed by atoms with Gasteiger partial charge in [-0.1, -0.05) is 24.3 Å². The molecule has 0 spiro atoms. The fraction of sp³-hybridized carbons (Fsp3) is 0.429. The van der Waals surface area contributed by atoms with E-state index in [0.717, 1.165) is 55.1 Å². The number of likely N-dealkylation sites (N-methyl/N-ethyl adjacent to an activating group) is 2.